The van der Waals surface area contributed by atoms with Crippen LogP contribution in [0.5, 0.6) is 0 Å². The van der Waals surface area contributed by atoms with E-state index in [1.807, 2.05) is 18.2 Å². The molecule has 2 aliphatic heterocycles. The van der Waals surface area contributed by atoms with Gasteiger partial charge in [-0.1, -0.05) is 30.3 Å². The Balaban J connectivity index is 1.38. The molecule has 11 heteroatoms. The number of benzene rings is 2. The molecule has 2 aromatic carbocycles. The fourth-order valence-electron chi connectivity index (χ4n) is 4.13. The normalized spacial score (nSPS) is 17.0. The van der Waals surface area contributed by atoms with Gasteiger partial charge in [0.1, 0.15) is 5.82 Å². The van der Waals surface area contributed by atoms with Crippen LogP contribution in [0.4, 0.5) is 4.39 Å². The molecule has 2 amide bonds. The minimum atomic E-state index is -0.897. The zero-order chi connectivity index (χ0) is 23.1. The number of rotatable bonds is 4. The van der Waals surface area contributed by atoms with Crippen molar-refractivity contribution in [3.05, 3.63) is 82.2 Å². The van der Waals surface area contributed by atoms with E-state index in [-0.39, 0.29) is 31.0 Å². The van der Waals surface area contributed by atoms with Gasteiger partial charge in [-0.2, -0.15) is 5.10 Å². The third-order valence-electron chi connectivity index (χ3n) is 5.78. The Morgan fingerprint density at radius 3 is 2.82 bits per heavy atom. The molecule has 0 aliphatic carbocycles. The third-order valence-corrected chi connectivity index (χ3v) is 5.78. The average molecular weight is 449 g/mol. The standard InChI is InChI=1S/C22H20FN7O3/c23-16-6-5-12(10-17-13-3-1-2-4-14(13)21(32)28-25-17)9-15(16)22(33)29-7-8-30-18(11-29)26-27-20(30)19(24)31/h1-6,9,21,28,32H,7-8,10-11H2,(H2,24,31). The molecule has 5 rings (SSSR count). The maximum absolute atomic E-state index is 14.6. The van der Waals surface area contributed by atoms with Gasteiger partial charge >= 0.3 is 0 Å². The van der Waals surface area contributed by atoms with Crippen molar-refractivity contribution in [2.24, 2.45) is 10.8 Å². The number of hydrogen-bond donors (Lipinski definition) is 3. The highest BCUT2D eigenvalue weighted by Crippen LogP contribution is 2.24. The topological polar surface area (TPSA) is 139 Å². The first kappa shape index (κ1) is 20.8. The van der Waals surface area contributed by atoms with Gasteiger partial charge in [0.05, 0.1) is 17.8 Å². The van der Waals surface area contributed by atoms with Crippen LogP contribution in [-0.2, 0) is 19.5 Å². The Kier molecular flexibility index (Phi) is 5.09. The predicted octanol–water partition coefficient (Wildman–Crippen LogP) is 0.713. The molecule has 1 unspecified atom stereocenters. The van der Waals surface area contributed by atoms with Crippen LogP contribution in [0.2, 0.25) is 0 Å². The van der Waals surface area contributed by atoms with Gasteiger partial charge in [0, 0.05) is 30.6 Å². The second kappa shape index (κ2) is 8.10. The lowest BCUT2D eigenvalue weighted by Crippen LogP contribution is -2.39. The number of aromatic nitrogens is 3. The lowest BCUT2D eigenvalue weighted by Gasteiger charge is -2.28. The van der Waals surface area contributed by atoms with Crippen molar-refractivity contribution in [3.63, 3.8) is 0 Å². The summed E-state index contributed by atoms with van der Waals surface area (Å²) in [6.07, 6.45) is -0.556. The van der Waals surface area contributed by atoms with Crippen LogP contribution in [0.3, 0.4) is 0 Å². The van der Waals surface area contributed by atoms with Gasteiger partial charge in [-0.05, 0) is 17.7 Å². The smallest absolute Gasteiger partial charge is 0.286 e. The third kappa shape index (κ3) is 3.72. The van der Waals surface area contributed by atoms with E-state index in [9.17, 15) is 19.1 Å². The molecule has 0 radical (unpaired) electrons. The quantitative estimate of drug-likeness (QED) is 0.536. The highest BCUT2D eigenvalue weighted by molar-refractivity contribution is 6.04. The summed E-state index contributed by atoms with van der Waals surface area (Å²) in [4.78, 5) is 26.0. The SMILES string of the molecule is NC(=O)c1nnc2n1CCN(C(=O)c1cc(CC3=NNC(O)c4ccccc43)ccc1F)C2. The van der Waals surface area contributed by atoms with Gasteiger partial charge in [-0.3, -0.25) is 15.0 Å². The summed E-state index contributed by atoms with van der Waals surface area (Å²) in [6.45, 7) is 0.635. The van der Waals surface area contributed by atoms with E-state index in [0.29, 0.717) is 29.1 Å². The summed E-state index contributed by atoms with van der Waals surface area (Å²) in [5.41, 5.74) is 10.8. The zero-order valence-electron chi connectivity index (χ0n) is 17.4. The monoisotopic (exact) mass is 449 g/mol. The zero-order valence-corrected chi connectivity index (χ0v) is 17.4. The van der Waals surface area contributed by atoms with Crippen molar-refractivity contribution >= 4 is 17.5 Å². The van der Waals surface area contributed by atoms with Crippen LogP contribution in [-0.4, -0.2) is 48.8 Å². The first-order valence-corrected chi connectivity index (χ1v) is 10.3. The second-order valence-electron chi connectivity index (χ2n) is 7.85. The largest absolute Gasteiger partial charge is 0.368 e. The highest BCUT2D eigenvalue weighted by atomic mass is 19.1. The van der Waals surface area contributed by atoms with Crippen LogP contribution in [0.1, 0.15) is 49.7 Å². The molecule has 1 aromatic heterocycles. The molecule has 168 valence electrons. The molecule has 4 N–H and O–H groups in total. The first-order valence-electron chi connectivity index (χ1n) is 10.3. The van der Waals surface area contributed by atoms with Crippen LogP contribution >= 0.6 is 0 Å². The molecule has 0 saturated heterocycles. The molecule has 0 spiro atoms. The van der Waals surface area contributed by atoms with E-state index in [0.717, 1.165) is 5.56 Å². The Morgan fingerprint density at radius 2 is 2.00 bits per heavy atom. The van der Waals surface area contributed by atoms with Crippen molar-refractivity contribution in [3.8, 4) is 0 Å². The molecule has 10 nitrogen and oxygen atoms in total. The summed E-state index contributed by atoms with van der Waals surface area (Å²) in [7, 11) is 0. The molecule has 3 heterocycles. The number of carbonyl (C=O) groups is 2. The summed E-state index contributed by atoms with van der Waals surface area (Å²) in [5.74, 6) is -1.35. The van der Waals surface area contributed by atoms with Gasteiger partial charge in [-0.15, -0.1) is 10.2 Å². The highest BCUT2D eigenvalue weighted by Gasteiger charge is 2.28. The number of hydrogen-bond acceptors (Lipinski definition) is 7. The van der Waals surface area contributed by atoms with Gasteiger partial charge in [0.25, 0.3) is 11.8 Å². The number of nitrogens with one attached hydrogen (secondary N) is 1. The Labute approximate surface area is 187 Å². The predicted molar refractivity (Wildman–Crippen MR) is 114 cm³/mol. The molecular formula is C22H20FN7O3. The minimum Gasteiger partial charge on any atom is -0.368 e. The first-order chi connectivity index (χ1) is 15.9. The number of hydrazone groups is 1. The fourth-order valence-corrected chi connectivity index (χ4v) is 4.13. The second-order valence-corrected chi connectivity index (χ2v) is 7.85. The number of aliphatic hydroxyl groups excluding tert-OH is 1. The van der Waals surface area contributed by atoms with Crippen molar-refractivity contribution in [2.45, 2.75) is 25.7 Å². The molecular weight excluding hydrogens is 429 g/mol. The van der Waals surface area contributed by atoms with Gasteiger partial charge in [-0.25, -0.2) is 4.39 Å². The van der Waals surface area contributed by atoms with Crippen LogP contribution in [0.15, 0.2) is 47.6 Å². The number of nitrogens with two attached hydrogens (primary N) is 1. The molecule has 0 saturated carbocycles. The van der Waals surface area contributed by atoms with Gasteiger partial charge in [0.15, 0.2) is 12.1 Å². The van der Waals surface area contributed by atoms with E-state index < -0.39 is 23.9 Å². The van der Waals surface area contributed by atoms with Gasteiger partial charge < -0.3 is 20.3 Å². The van der Waals surface area contributed by atoms with E-state index >= 15 is 0 Å². The Morgan fingerprint density at radius 1 is 1.18 bits per heavy atom. The number of primary amides is 1. The van der Waals surface area contributed by atoms with Crippen molar-refractivity contribution in [2.75, 3.05) is 6.54 Å². The number of carbonyl (C=O) groups excluding carboxylic acids is 2. The van der Waals surface area contributed by atoms with E-state index in [1.54, 1.807) is 16.7 Å². The Hall–Kier alpha value is -4.12. The summed E-state index contributed by atoms with van der Waals surface area (Å²) in [6, 6.07) is 11.7. The number of nitrogens with zero attached hydrogens (tertiary/aromatic N) is 5. The summed E-state index contributed by atoms with van der Waals surface area (Å²) < 4.78 is 16.2. The maximum Gasteiger partial charge on any atom is 0.286 e. The lowest BCUT2D eigenvalue weighted by atomic mass is 9.95. The van der Waals surface area contributed by atoms with Crippen LogP contribution < -0.4 is 11.2 Å². The molecule has 3 aromatic rings. The summed E-state index contributed by atoms with van der Waals surface area (Å²) >= 11 is 0. The average Bonchev–Trinajstić information content (AvgIpc) is 3.25. The summed E-state index contributed by atoms with van der Waals surface area (Å²) in [5, 5.41) is 22.0. The molecule has 0 fully saturated rings. The van der Waals surface area contributed by atoms with Crippen LogP contribution in [0.25, 0.3) is 0 Å². The molecule has 0 bridgehead atoms. The van der Waals surface area contributed by atoms with Crippen molar-refractivity contribution in [1.82, 2.24) is 25.1 Å². The van der Waals surface area contributed by atoms with Crippen molar-refractivity contribution < 1.29 is 19.1 Å². The minimum absolute atomic E-state index is 0.0394. The number of halogens is 1. The Bertz CT molecular complexity index is 1300. The number of fused-ring (bicyclic) bond motifs is 2. The van der Waals surface area contributed by atoms with E-state index in [1.165, 1.54) is 17.0 Å². The molecule has 1 atom stereocenters. The number of amides is 2. The van der Waals surface area contributed by atoms with Gasteiger partial charge in [0.2, 0.25) is 5.82 Å². The van der Waals surface area contributed by atoms with E-state index in [4.69, 9.17) is 5.73 Å². The number of aliphatic hydroxyl groups is 1. The lowest BCUT2D eigenvalue weighted by molar-refractivity contribution is 0.0701. The molecule has 33 heavy (non-hydrogen) atoms. The van der Waals surface area contributed by atoms with E-state index in [2.05, 4.69) is 20.7 Å². The van der Waals surface area contributed by atoms with Crippen molar-refractivity contribution in [1.29, 1.82) is 0 Å². The van der Waals surface area contributed by atoms with Crippen LogP contribution in [0, 0.1) is 5.82 Å². The fraction of sp³-hybridized carbons (Fsp3) is 0.227. The molecule has 2 aliphatic rings. The maximum atomic E-state index is 14.6.